The van der Waals surface area contributed by atoms with Crippen molar-refractivity contribution in [2.24, 2.45) is 0 Å². The molecule has 0 aliphatic carbocycles. The van der Waals surface area contributed by atoms with Gasteiger partial charge in [-0.3, -0.25) is 4.98 Å². The lowest BCUT2D eigenvalue weighted by Gasteiger charge is -2.08. The standard InChI is InChI=1S/C11H8BrFN2O2/c1-17-11(16)5-4-15-10-6(12)2-3-7(13)8(10)9(5)14/h2-4H,1H3,(H2,14,15). The highest BCUT2D eigenvalue weighted by Gasteiger charge is 2.17. The van der Waals surface area contributed by atoms with Crippen LogP contribution in [0.4, 0.5) is 10.1 Å². The molecule has 1 aromatic carbocycles. The number of methoxy groups -OCH3 is 1. The van der Waals surface area contributed by atoms with Crippen molar-refractivity contribution in [2.75, 3.05) is 12.8 Å². The van der Waals surface area contributed by atoms with Gasteiger partial charge in [0.15, 0.2) is 0 Å². The monoisotopic (exact) mass is 298 g/mol. The predicted molar refractivity (Wildman–Crippen MR) is 65.2 cm³/mol. The first-order chi connectivity index (χ1) is 8.06. The third-order valence-corrected chi connectivity index (χ3v) is 3.01. The summed E-state index contributed by atoms with van der Waals surface area (Å²) in [5.74, 6) is -1.17. The van der Waals surface area contributed by atoms with Crippen molar-refractivity contribution in [1.29, 1.82) is 0 Å². The molecule has 88 valence electrons. The molecule has 6 heteroatoms. The number of aromatic nitrogens is 1. The Bertz CT molecular complexity index is 616. The number of halogens is 2. The van der Waals surface area contributed by atoms with Gasteiger partial charge in [-0.2, -0.15) is 0 Å². The van der Waals surface area contributed by atoms with Crippen LogP contribution in [0.1, 0.15) is 10.4 Å². The van der Waals surface area contributed by atoms with Gasteiger partial charge in [-0.25, -0.2) is 9.18 Å². The normalized spacial score (nSPS) is 10.5. The van der Waals surface area contributed by atoms with Crippen LogP contribution < -0.4 is 5.73 Å². The van der Waals surface area contributed by atoms with Crippen molar-refractivity contribution in [3.8, 4) is 0 Å². The van der Waals surface area contributed by atoms with Gasteiger partial charge < -0.3 is 10.5 Å². The lowest BCUT2D eigenvalue weighted by Crippen LogP contribution is -2.07. The topological polar surface area (TPSA) is 65.2 Å². The van der Waals surface area contributed by atoms with Crippen LogP contribution >= 0.6 is 15.9 Å². The summed E-state index contributed by atoms with van der Waals surface area (Å²) in [6.07, 6.45) is 1.27. The van der Waals surface area contributed by atoms with E-state index >= 15 is 0 Å². The Morgan fingerprint density at radius 3 is 2.88 bits per heavy atom. The van der Waals surface area contributed by atoms with Crippen molar-refractivity contribution in [1.82, 2.24) is 4.98 Å². The summed E-state index contributed by atoms with van der Waals surface area (Å²) in [7, 11) is 1.23. The summed E-state index contributed by atoms with van der Waals surface area (Å²) in [5.41, 5.74) is 6.22. The van der Waals surface area contributed by atoms with Gasteiger partial charge in [-0.1, -0.05) is 0 Å². The van der Waals surface area contributed by atoms with Crippen LogP contribution in [0, 0.1) is 5.82 Å². The molecule has 0 saturated carbocycles. The van der Waals surface area contributed by atoms with Gasteiger partial charge in [0.1, 0.15) is 11.4 Å². The second kappa shape index (κ2) is 4.29. The number of esters is 1. The molecular weight excluding hydrogens is 291 g/mol. The summed E-state index contributed by atoms with van der Waals surface area (Å²) in [6, 6.07) is 2.79. The number of carbonyl (C=O) groups is 1. The largest absolute Gasteiger partial charge is 0.465 e. The fourth-order valence-electron chi connectivity index (χ4n) is 1.53. The van der Waals surface area contributed by atoms with Crippen molar-refractivity contribution in [3.63, 3.8) is 0 Å². The highest BCUT2D eigenvalue weighted by Crippen LogP contribution is 2.30. The molecule has 0 atom stereocenters. The first kappa shape index (κ1) is 11.8. The first-order valence-electron chi connectivity index (χ1n) is 4.66. The molecule has 0 unspecified atom stereocenters. The second-order valence-corrected chi connectivity index (χ2v) is 4.18. The van der Waals surface area contributed by atoms with E-state index < -0.39 is 11.8 Å². The van der Waals surface area contributed by atoms with Crippen LogP contribution in [-0.4, -0.2) is 18.1 Å². The van der Waals surface area contributed by atoms with E-state index in [0.29, 0.717) is 9.99 Å². The average Bonchev–Trinajstić information content (AvgIpc) is 2.33. The first-order valence-corrected chi connectivity index (χ1v) is 5.46. The minimum absolute atomic E-state index is 0.0284. The molecule has 4 nitrogen and oxygen atoms in total. The van der Waals surface area contributed by atoms with Gasteiger partial charge >= 0.3 is 5.97 Å². The summed E-state index contributed by atoms with van der Waals surface area (Å²) in [5, 5.41) is 0.113. The number of pyridine rings is 1. The van der Waals surface area contributed by atoms with Gasteiger partial charge in [-0.15, -0.1) is 0 Å². The Labute approximate surface area is 105 Å². The molecule has 1 aromatic heterocycles. The van der Waals surface area contributed by atoms with Gasteiger partial charge in [0, 0.05) is 10.7 Å². The zero-order valence-electron chi connectivity index (χ0n) is 8.83. The molecule has 17 heavy (non-hydrogen) atoms. The molecule has 0 bridgehead atoms. The summed E-state index contributed by atoms with van der Waals surface area (Å²) < 4.78 is 18.8. The Morgan fingerprint density at radius 2 is 2.24 bits per heavy atom. The number of carbonyl (C=O) groups excluding carboxylic acids is 1. The highest BCUT2D eigenvalue weighted by molar-refractivity contribution is 9.10. The van der Waals surface area contributed by atoms with Crippen LogP contribution in [-0.2, 0) is 4.74 Å². The van der Waals surface area contributed by atoms with E-state index in [0.717, 1.165) is 0 Å². The summed E-state index contributed by atoms with van der Waals surface area (Å²) in [6.45, 7) is 0. The smallest absolute Gasteiger partial charge is 0.341 e. The van der Waals surface area contributed by atoms with Crippen LogP contribution in [0.2, 0.25) is 0 Å². The number of hydrogen-bond donors (Lipinski definition) is 1. The van der Waals surface area contributed by atoms with E-state index in [1.54, 1.807) is 0 Å². The highest BCUT2D eigenvalue weighted by atomic mass is 79.9. The molecule has 0 fully saturated rings. The maximum atomic E-state index is 13.7. The molecule has 0 spiro atoms. The number of anilines is 1. The Hall–Kier alpha value is -1.69. The van der Waals surface area contributed by atoms with Gasteiger partial charge in [0.25, 0.3) is 0 Å². The minimum atomic E-state index is -0.642. The van der Waals surface area contributed by atoms with Crippen molar-refractivity contribution in [3.05, 3.63) is 34.2 Å². The van der Waals surface area contributed by atoms with E-state index in [2.05, 4.69) is 25.7 Å². The summed E-state index contributed by atoms with van der Waals surface area (Å²) >= 11 is 3.24. The number of ether oxygens (including phenoxy) is 1. The molecular formula is C11H8BrFN2O2. The third-order valence-electron chi connectivity index (χ3n) is 2.37. The van der Waals surface area contributed by atoms with Crippen LogP contribution in [0.15, 0.2) is 22.8 Å². The number of nitrogen functional groups attached to an aromatic ring is 1. The second-order valence-electron chi connectivity index (χ2n) is 3.33. The maximum Gasteiger partial charge on any atom is 0.341 e. The lowest BCUT2D eigenvalue weighted by atomic mass is 10.1. The Morgan fingerprint density at radius 1 is 1.53 bits per heavy atom. The molecule has 2 rings (SSSR count). The fraction of sp³-hybridized carbons (Fsp3) is 0.0909. The SMILES string of the molecule is COC(=O)c1cnc2c(Br)ccc(F)c2c1N. The molecule has 1 heterocycles. The number of fused-ring (bicyclic) bond motifs is 1. The number of rotatable bonds is 1. The number of hydrogen-bond acceptors (Lipinski definition) is 4. The fourth-order valence-corrected chi connectivity index (χ4v) is 1.96. The van der Waals surface area contributed by atoms with Crippen molar-refractivity contribution >= 4 is 38.5 Å². The molecule has 2 aromatic rings. The third kappa shape index (κ3) is 1.84. The van der Waals surface area contributed by atoms with Crippen LogP contribution in [0.3, 0.4) is 0 Å². The Balaban J connectivity index is 2.84. The van der Waals surface area contributed by atoms with E-state index in [-0.39, 0.29) is 16.6 Å². The number of nitrogens with zero attached hydrogens (tertiary/aromatic N) is 1. The summed E-state index contributed by atoms with van der Waals surface area (Å²) in [4.78, 5) is 15.4. The molecule has 0 aliphatic heterocycles. The minimum Gasteiger partial charge on any atom is -0.465 e. The number of benzene rings is 1. The van der Waals surface area contributed by atoms with Crippen molar-refractivity contribution in [2.45, 2.75) is 0 Å². The van der Waals surface area contributed by atoms with Gasteiger partial charge in [-0.05, 0) is 28.1 Å². The average molecular weight is 299 g/mol. The zero-order chi connectivity index (χ0) is 12.6. The van der Waals surface area contributed by atoms with E-state index in [9.17, 15) is 9.18 Å². The van der Waals surface area contributed by atoms with E-state index in [1.807, 2.05) is 0 Å². The molecule has 0 radical (unpaired) electrons. The molecule has 0 aliphatic rings. The lowest BCUT2D eigenvalue weighted by molar-refractivity contribution is 0.0601. The molecule has 0 saturated heterocycles. The predicted octanol–water partition coefficient (Wildman–Crippen LogP) is 2.51. The maximum absolute atomic E-state index is 13.7. The Kier molecular flexibility index (Phi) is 2.97. The van der Waals surface area contributed by atoms with Crippen LogP contribution in [0.25, 0.3) is 10.9 Å². The molecule has 0 amide bonds. The van der Waals surface area contributed by atoms with E-state index in [1.165, 1.54) is 25.4 Å². The quantitative estimate of drug-likeness (QED) is 0.822. The number of nitrogens with two attached hydrogens (primary N) is 1. The van der Waals surface area contributed by atoms with Gasteiger partial charge in [0.05, 0.1) is 23.7 Å². The van der Waals surface area contributed by atoms with Gasteiger partial charge in [0.2, 0.25) is 0 Å². The van der Waals surface area contributed by atoms with E-state index in [4.69, 9.17) is 5.73 Å². The van der Waals surface area contributed by atoms with Crippen molar-refractivity contribution < 1.29 is 13.9 Å². The zero-order valence-corrected chi connectivity index (χ0v) is 10.4. The van der Waals surface area contributed by atoms with Crippen LogP contribution in [0.5, 0.6) is 0 Å². The molecule has 2 N–H and O–H groups in total.